The highest BCUT2D eigenvalue weighted by atomic mass is 79.9. The van der Waals surface area contributed by atoms with Gasteiger partial charge in [-0.3, -0.25) is 9.79 Å². The molecule has 26 heavy (non-hydrogen) atoms. The molecule has 1 aliphatic rings. The third-order valence-corrected chi connectivity index (χ3v) is 4.77. The van der Waals surface area contributed by atoms with Crippen molar-refractivity contribution in [3.05, 3.63) is 45.3 Å². The Balaban J connectivity index is 2.65. The minimum Gasteiger partial charge on any atom is -0.465 e. The van der Waals surface area contributed by atoms with Crippen LogP contribution in [-0.2, 0) is 19.1 Å². The number of ether oxygens (including phenoxy) is 2. The van der Waals surface area contributed by atoms with Crippen LogP contribution in [0, 0.1) is 11.7 Å². The molecule has 2 atom stereocenters. The molecule has 0 amide bonds. The Morgan fingerprint density at radius 1 is 1.19 bits per heavy atom. The zero-order valence-electron chi connectivity index (χ0n) is 15.1. The molecule has 0 N–H and O–H groups in total. The van der Waals surface area contributed by atoms with Gasteiger partial charge in [0.15, 0.2) is 0 Å². The highest BCUT2D eigenvalue weighted by Gasteiger charge is 2.42. The first-order chi connectivity index (χ1) is 12.3. The van der Waals surface area contributed by atoms with Crippen molar-refractivity contribution in [1.82, 2.24) is 0 Å². The molecule has 0 saturated carbocycles. The smallest absolute Gasteiger partial charge is 0.336 e. The summed E-state index contributed by atoms with van der Waals surface area (Å²) in [5, 5.41) is 0. The molecule has 0 fully saturated rings. The highest BCUT2D eigenvalue weighted by Crippen LogP contribution is 2.41. The molecule has 2 rings (SSSR count). The second-order valence-corrected chi connectivity index (χ2v) is 6.71. The molecule has 1 aromatic rings. The average molecular weight is 426 g/mol. The number of carbonyl (C=O) groups excluding carboxylic acids is 2. The zero-order chi connectivity index (χ0) is 19.4. The molecule has 2 unspecified atom stereocenters. The Bertz CT molecular complexity index is 788. The summed E-state index contributed by atoms with van der Waals surface area (Å²) >= 11 is 3.16. The molecule has 0 radical (unpaired) electrons. The Labute approximate surface area is 160 Å². The van der Waals surface area contributed by atoms with Crippen LogP contribution >= 0.6 is 15.9 Å². The maximum atomic E-state index is 13.7. The number of rotatable bonds is 5. The van der Waals surface area contributed by atoms with Crippen LogP contribution in [0.1, 0.15) is 39.2 Å². The first-order valence-corrected chi connectivity index (χ1v) is 9.15. The summed E-state index contributed by atoms with van der Waals surface area (Å²) in [5.41, 5.74) is 1.91. The number of hydrogen-bond acceptors (Lipinski definition) is 5. The largest absolute Gasteiger partial charge is 0.465 e. The van der Waals surface area contributed by atoms with Gasteiger partial charge in [-0.25, -0.2) is 9.18 Å². The lowest BCUT2D eigenvalue weighted by molar-refractivity contribution is -0.146. The van der Waals surface area contributed by atoms with E-state index in [9.17, 15) is 14.0 Å². The van der Waals surface area contributed by atoms with E-state index in [0.29, 0.717) is 17.0 Å². The van der Waals surface area contributed by atoms with E-state index in [4.69, 9.17) is 9.47 Å². The van der Waals surface area contributed by atoms with Crippen molar-refractivity contribution in [2.75, 3.05) is 13.2 Å². The lowest BCUT2D eigenvalue weighted by Crippen LogP contribution is -2.36. The molecule has 7 heteroatoms. The standard InChI is InChI=1S/C19H21BrFNO4/c1-5-25-18(23)15-10(3)22-11(4)16(19(24)26-6-2)17(15)12-7-8-14(21)13(20)9-12/h7-9,15,17H,5-6H2,1-4H3. The molecule has 0 aliphatic carbocycles. The minimum absolute atomic E-state index is 0.197. The van der Waals surface area contributed by atoms with Gasteiger partial charge in [-0.05, 0) is 61.3 Å². The van der Waals surface area contributed by atoms with Crippen LogP contribution in [0.4, 0.5) is 4.39 Å². The van der Waals surface area contributed by atoms with Gasteiger partial charge in [0.25, 0.3) is 0 Å². The van der Waals surface area contributed by atoms with Crippen molar-refractivity contribution in [1.29, 1.82) is 0 Å². The number of nitrogens with zero attached hydrogens (tertiary/aromatic N) is 1. The van der Waals surface area contributed by atoms with Crippen LogP contribution < -0.4 is 0 Å². The summed E-state index contributed by atoms with van der Waals surface area (Å²) < 4.78 is 24.3. The second-order valence-electron chi connectivity index (χ2n) is 5.85. The van der Waals surface area contributed by atoms with Gasteiger partial charge >= 0.3 is 11.9 Å². The number of allylic oxidation sites excluding steroid dienone is 1. The van der Waals surface area contributed by atoms with Gasteiger partial charge in [0.1, 0.15) is 11.7 Å². The average Bonchev–Trinajstić information content (AvgIpc) is 2.57. The van der Waals surface area contributed by atoms with Crippen LogP contribution in [0.2, 0.25) is 0 Å². The summed E-state index contributed by atoms with van der Waals surface area (Å²) in [5.74, 6) is -2.89. The van der Waals surface area contributed by atoms with Crippen molar-refractivity contribution in [2.24, 2.45) is 10.9 Å². The molecule has 1 heterocycles. The van der Waals surface area contributed by atoms with Crippen LogP contribution in [0.3, 0.4) is 0 Å². The zero-order valence-corrected chi connectivity index (χ0v) is 16.7. The summed E-state index contributed by atoms with van der Waals surface area (Å²) in [6, 6.07) is 4.42. The highest BCUT2D eigenvalue weighted by molar-refractivity contribution is 9.10. The third-order valence-electron chi connectivity index (χ3n) is 4.17. The fourth-order valence-electron chi connectivity index (χ4n) is 3.11. The minimum atomic E-state index is -0.782. The second kappa shape index (κ2) is 8.58. The first-order valence-electron chi connectivity index (χ1n) is 8.36. The van der Waals surface area contributed by atoms with Crippen LogP contribution in [0.15, 0.2) is 38.9 Å². The van der Waals surface area contributed by atoms with Gasteiger partial charge in [0.2, 0.25) is 0 Å². The Morgan fingerprint density at radius 3 is 2.42 bits per heavy atom. The van der Waals surface area contributed by atoms with Crippen molar-refractivity contribution in [3.63, 3.8) is 0 Å². The van der Waals surface area contributed by atoms with Gasteiger partial charge in [0, 0.05) is 17.3 Å². The van der Waals surface area contributed by atoms with E-state index in [1.165, 1.54) is 6.07 Å². The van der Waals surface area contributed by atoms with Crippen LogP contribution in [0.5, 0.6) is 0 Å². The summed E-state index contributed by atoms with van der Waals surface area (Å²) in [6.07, 6.45) is 0. The molecular formula is C19H21BrFNO4. The van der Waals surface area contributed by atoms with Crippen LogP contribution in [-0.4, -0.2) is 30.9 Å². The first kappa shape index (κ1) is 20.3. The monoisotopic (exact) mass is 425 g/mol. The van der Waals surface area contributed by atoms with E-state index in [1.54, 1.807) is 39.8 Å². The van der Waals surface area contributed by atoms with E-state index < -0.39 is 29.6 Å². The number of carbonyl (C=O) groups is 2. The predicted molar refractivity (Wildman–Crippen MR) is 99.4 cm³/mol. The fraction of sp³-hybridized carbons (Fsp3) is 0.421. The summed E-state index contributed by atoms with van der Waals surface area (Å²) in [4.78, 5) is 29.6. The lowest BCUT2D eigenvalue weighted by Gasteiger charge is -2.31. The molecule has 0 saturated heterocycles. The quantitative estimate of drug-likeness (QED) is 0.664. The van der Waals surface area contributed by atoms with Crippen molar-refractivity contribution in [3.8, 4) is 0 Å². The number of benzene rings is 1. The Hall–Kier alpha value is -2.02. The van der Waals surface area contributed by atoms with E-state index >= 15 is 0 Å². The number of hydrogen-bond donors (Lipinski definition) is 0. The number of esters is 2. The van der Waals surface area contributed by atoms with Gasteiger partial charge in [-0.1, -0.05) is 6.07 Å². The van der Waals surface area contributed by atoms with Crippen molar-refractivity contribution in [2.45, 2.75) is 33.6 Å². The molecule has 0 spiro atoms. The topological polar surface area (TPSA) is 65.0 Å². The molecule has 140 valence electrons. The normalized spacial score (nSPS) is 19.8. The van der Waals surface area contributed by atoms with Gasteiger partial charge < -0.3 is 9.47 Å². The molecule has 1 aliphatic heterocycles. The van der Waals surface area contributed by atoms with E-state index in [-0.39, 0.29) is 23.3 Å². The maximum Gasteiger partial charge on any atom is 0.336 e. The van der Waals surface area contributed by atoms with Crippen molar-refractivity contribution < 1.29 is 23.5 Å². The summed E-state index contributed by atoms with van der Waals surface area (Å²) in [7, 11) is 0. The van der Waals surface area contributed by atoms with Crippen LogP contribution in [0.25, 0.3) is 0 Å². The third kappa shape index (κ3) is 4.03. The van der Waals surface area contributed by atoms with Gasteiger partial charge in [0.05, 0.1) is 23.3 Å². The molecular weight excluding hydrogens is 405 g/mol. The van der Waals surface area contributed by atoms with E-state index in [0.717, 1.165) is 0 Å². The lowest BCUT2D eigenvalue weighted by atomic mass is 9.75. The maximum absolute atomic E-state index is 13.7. The molecule has 0 bridgehead atoms. The predicted octanol–water partition coefficient (Wildman–Crippen LogP) is 4.16. The Morgan fingerprint density at radius 2 is 1.85 bits per heavy atom. The van der Waals surface area contributed by atoms with Crippen molar-refractivity contribution >= 4 is 33.6 Å². The molecule has 1 aromatic carbocycles. The SMILES string of the molecule is CCOC(=O)C1=C(C)N=C(C)C(C(=O)OCC)C1c1ccc(F)c(Br)c1. The Kier molecular flexibility index (Phi) is 6.69. The van der Waals surface area contributed by atoms with Gasteiger partial charge in [-0.2, -0.15) is 0 Å². The molecule has 5 nitrogen and oxygen atoms in total. The van der Waals surface area contributed by atoms with E-state index in [2.05, 4.69) is 20.9 Å². The van der Waals surface area contributed by atoms with Gasteiger partial charge in [-0.15, -0.1) is 0 Å². The number of halogens is 2. The number of aliphatic imine (C=N–C) groups is 1. The fourth-order valence-corrected chi connectivity index (χ4v) is 3.51. The molecule has 0 aromatic heterocycles. The van der Waals surface area contributed by atoms with E-state index in [1.807, 2.05) is 0 Å². The summed E-state index contributed by atoms with van der Waals surface area (Å²) in [6.45, 7) is 7.24.